The number of carbonyl (C=O) groups excluding carboxylic acids is 4. The Morgan fingerprint density at radius 1 is 1.29 bits per heavy atom. The van der Waals surface area contributed by atoms with Crippen LogP contribution in [0.25, 0.3) is 0 Å². The summed E-state index contributed by atoms with van der Waals surface area (Å²) in [7, 11) is 0. The van der Waals surface area contributed by atoms with E-state index in [1.165, 1.54) is 6.08 Å². The van der Waals surface area contributed by atoms with E-state index in [0.29, 0.717) is 31.4 Å². The van der Waals surface area contributed by atoms with Crippen LogP contribution in [0.4, 0.5) is 0 Å². The first kappa shape index (κ1) is 17.1. The minimum atomic E-state index is -0.620. The van der Waals surface area contributed by atoms with Gasteiger partial charge in [-0.25, -0.2) is 4.79 Å². The standard InChI is InChI=1S/C15H21NO5/c1-3-5-12(17)13(18)8-6-10(4-2)21-15(20)11-7-9-14(19)16-11/h6,11H,3-5,7-9H2,1-2H3,(H,16,19)/t11-/m0/s1. The summed E-state index contributed by atoms with van der Waals surface area (Å²) in [5.41, 5.74) is 0. The molecule has 0 radical (unpaired) electrons. The molecule has 0 aromatic heterocycles. The van der Waals surface area contributed by atoms with Crippen molar-refractivity contribution in [3.63, 3.8) is 0 Å². The molecule has 0 aromatic rings. The number of hydrogen-bond donors (Lipinski definition) is 1. The molecule has 1 saturated heterocycles. The van der Waals surface area contributed by atoms with Gasteiger partial charge in [0.05, 0.1) is 0 Å². The maximum Gasteiger partial charge on any atom is 0.333 e. The zero-order valence-electron chi connectivity index (χ0n) is 12.4. The van der Waals surface area contributed by atoms with Crippen molar-refractivity contribution >= 4 is 23.4 Å². The predicted octanol–water partition coefficient (Wildman–Crippen LogP) is 1.43. The van der Waals surface area contributed by atoms with Gasteiger partial charge < -0.3 is 10.1 Å². The van der Waals surface area contributed by atoms with Crippen LogP contribution in [0.3, 0.4) is 0 Å². The molecule has 1 aliphatic rings. The maximum atomic E-state index is 11.8. The second kappa shape index (κ2) is 8.34. The third kappa shape index (κ3) is 5.49. The molecule has 1 N–H and O–H groups in total. The molecule has 0 spiro atoms. The fourth-order valence-electron chi connectivity index (χ4n) is 1.94. The molecule has 0 aliphatic carbocycles. The van der Waals surface area contributed by atoms with Crippen LogP contribution in [-0.4, -0.2) is 29.5 Å². The van der Waals surface area contributed by atoms with Crippen molar-refractivity contribution in [2.45, 2.75) is 58.4 Å². The number of hydrogen-bond acceptors (Lipinski definition) is 5. The zero-order chi connectivity index (χ0) is 15.8. The van der Waals surface area contributed by atoms with Gasteiger partial charge in [-0.1, -0.05) is 13.8 Å². The van der Waals surface area contributed by atoms with Gasteiger partial charge in [-0.15, -0.1) is 0 Å². The second-order valence-corrected chi connectivity index (χ2v) is 4.90. The molecule has 21 heavy (non-hydrogen) atoms. The summed E-state index contributed by atoms with van der Waals surface area (Å²) in [4.78, 5) is 45.8. The van der Waals surface area contributed by atoms with Gasteiger partial charge >= 0.3 is 5.97 Å². The lowest BCUT2D eigenvalue weighted by molar-refractivity contribution is -0.142. The van der Waals surface area contributed by atoms with Gasteiger partial charge in [-0.2, -0.15) is 0 Å². The summed E-state index contributed by atoms with van der Waals surface area (Å²) in [6, 6.07) is -0.620. The van der Waals surface area contributed by atoms with E-state index in [1.54, 1.807) is 6.92 Å². The minimum Gasteiger partial charge on any atom is -0.430 e. The number of ether oxygens (including phenoxy) is 1. The molecule has 1 amide bonds. The van der Waals surface area contributed by atoms with Crippen LogP contribution >= 0.6 is 0 Å². The van der Waals surface area contributed by atoms with Crippen molar-refractivity contribution < 1.29 is 23.9 Å². The number of Topliss-reactive ketones (excluding diaryl/α,β-unsaturated/α-hetero) is 2. The van der Waals surface area contributed by atoms with E-state index in [2.05, 4.69) is 5.32 Å². The Balaban J connectivity index is 2.52. The largest absolute Gasteiger partial charge is 0.430 e. The Labute approximate surface area is 123 Å². The Bertz CT molecular complexity index is 467. The second-order valence-electron chi connectivity index (χ2n) is 4.90. The van der Waals surface area contributed by atoms with Crippen molar-refractivity contribution in [1.29, 1.82) is 0 Å². The summed E-state index contributed by atoms with van der Waals surface area (Å²) >= 11 is 0. The highest BCUT2D eigenvalue weighted by molar-refractivity contribution is 6.37. The quantitative estimate of drug-likeness (QED) is 0.415. The molecule has 1 rings (SSSR count). The number of esters is 1. The molecule has 1 fully saturated rings. The van der Waals surface area contributed by atoms with Crippen LogP contribution in [-0.2, 0) is 23.9 Å². The SMILES string of the molecule is CCCC(=O)C(=O)CC=C(CC)OC(=O)[C@@H]1CCC(=O)N1. The number of allylic oxidation sites excluding steroid dienone is 2. The van der Waals surface area contributed by atoms with Crippen LogP contribution in [0.1, 0.15) is 52.4 Å². The van der Waals surface area contributed by atoms with Gasteiger partial charge in [0, 0.05) is 25.7 Å². The van der Waals surface area contributed by atoms with E-state index < -0.39 is 23.6 Å². The van der Waals surface area contributed by atoms with E-state index in [9.17, 15) is 19.2 Å². The van der Waals surface area contributed by atoms with Crippen molar-refractivity contribution in [2.24, 2.45) is 0 Å². The first-order chi connectivity index (χ1) is 9.97. The Morgan fingerprint density at radius 2 is 2.00 bits per heavy atom. The van der Waals surface area contributed by atoms with Gasteiger partial charge in [0.15, 0.2) is 5.78 Å². The molecule has 6 nitrogen and oxygen atoms in total. The van der Waals surface area contributed by atoms with Crippen LogP contribution in [0.5, 0.6) is 0 Å². The van der Waals surface area contributed by atoms with E-state index >= 15 is 0 Å². The summed E-state index contributed by atoms with van der Waals surface area (Å²) in [6.45, 7) is 3.61. The summed E-state index contributed by atoms with van der Waals surface area (Å²) in [6.07, 6.45) is 3.43. The summed E-state index contributed by atoms with van der Waals surface area (Å²) in [5, 5.41) is 2.52. The monoisotopic (exact) mass is 295 g/mol. The molecule has 0 unspecified atom stereocenters. The molecule has 116 valence electrons. The molecule has 1 aliphatic heterocycles. The van der Waals surface area contributed by atoms with Crippen LogP contribution in [0.15, 0.2) is 11.8 Å². The van der Waals surface area contributed by atoms with Crippen molar-refractivity contribution in [3.05, 3.63) is 11.8 Å². The number of nitrogens with one attached hydrogen (secondary N) is 1. The molecule has 0 saturated carbocycles. The maximum absolute atomic E-state index is 11.8. The van der Waals surface area contributed by atoms with Crippen molar-refractivity contribution in [2.75, 3.05) is 0 Å². The van der Waals surface area contributed by atoms with Gasteiger partial charge in [-0.3, -0.25) is 14.4 Å². The Morgan fingerprint density at radius 3 is 2.52 bits per heavy atom. The highest BCUT2D eigenvalue weighted by Gasteiger charge is 2.29. The van der Waals surface area contributed by atoms with Gasteiger partial charge in [0.25, 0.3) is 0 Å². The predicted molar refractivity (Wildman–Crippen MR) is 75.2 cm³/mol. The fourth-order valence-corrected chi connectivity index (χ4v) is 1.94. The van der Waals surface area contributed by atoms with E-state index in [4.69, 9.17) is 4.74 Å². The van der Waals surface area contributed by atoms with Crippen molar-refractivity contribution in [1.82, 2.24) is 5.32 Å². The molecule has 0 bridgehead atoms. The fraction of sp³-hybridized carbons (Fsp3) is 0.600. The summed E-state index contributed by atoms with van der Waals surface area (Å²) < 4.78 is 5.17. The molecule has 0 aromatic carbocycles. The van der Waals surface area contributed by atoms with Gasteiger partial charge in [0.1, 0.15) is 11.8 Å². The van der Waals surface area contributed by atoms with Crippen LogP contribution < -0.4 is 5.32 Å². The molecule has 1 heterocycles. The summed E-state index contributed by atoms with van der Waals surface area (Å²) in [5.74, 6) is -1.23. The van der Waals surface area contributed by atoms with E-state index in [-0.39, 0.29) is 18.7 Å². The lowest BCUT2D eigenvalue weighted by Gasteiger charge is -2.11. The van der Waals surface area contributed by atoms with Gasteiger partial charge in [0.2, 0.25) is 11.7 Å². The molecular formula is C15H21NO5. The smallest absolute Gasteiger partial charge is 0.333 e. The van der Waals surface area contributed by atoms with E-state index in [0.717, 1.165) is 0 Å². The minimum absolute atomic E-state index is 0.0632. The molecule has 1 atom stereocenters. The van der Waals surface area contributed by atoms with Crippen LogP contribution in [0, 0.1) is 0 Å². The first-order valence-corrected chi connectivity index (χ1v) is 7.24. The highest BCUT2D eigenvalue weighted by atomic mass is 16.5. The third-order valence-electron chi connectivity index (χ3n) is 3.16. The van der Waals surface area contributed by atoms with Gasteiger partial charge in [-0.05, 0) is 18.9 Å². The number of ketones is 2. The Hall–Kier alpha value is -1.98. The number of carbonyl (C=O) groups is 4. The molecular weight excluding hydrogens is 274 g/mol. The topological polar surface area (TPSA) is 89.5 Å². The highest BCUT2D eigenvalue weighted by Crippen LogP contribution is 2.13. The zero-order valence-corrected chi connectivity index (χ0v) is 12.4. The normalized spacial score (nSPS) is 18.3. The first-order valence-electron chi connectivity index (χ1n) is 7.24. The lowest BCUT2D eigenvalue weighted by Crippen LogP contribution is -2.34. The van der Waals surface area contributed by atoms with E-state index in [1.807, 2.05) is 6.92 Å². The van der Waals surface area contributed by atoms with Crippen molar-refractivity contribution in [3.8, 4) is 0 Å². The average molecular weight is 295 g/mol. The Kier molecular flexibility index (Phi) is 6.78. The number of amides is 1. The van der Waals surface area contributed by atoms with Crippen LogP contribution in [0.2, 0.25) is 0 Å². The average Bonchev–Trinajstić information content (AvgIpc) is 2.89. The number of rotatable bonds is 8. The molecule has 6 heteroatoms. The third-order valence-corrected chi connectivity index (χ3v) is 3.16. The lowest BCUT2D eigenvalue weighted by atomic mass is 10.1.